The van der Waals surface area contributed by atoms with Gasteiger partial charge in [0.15, 0.2) is 0 Å². The van der Waals surface area contributed by atoms with Crippen LogP contribution in [0.1, 0.15) is 39.5 Å². The van der Waals surface area contributed by atoms with E-state index in [4.69, 9.17) is 14.3 Å². The molecule has 1 amide bonds. The fraction of sp³-hybridized carbons (Fsp3) is 0.231. The molecule has 162 valence electrons. The molecule has 0 atom stereocenters. The average molecular weight is 428 g/mol. The van der Waals surface area contributed by atoms with E-state index >= 15 is 0 Å². The first-order valence-corrected chi connectivity index (χ1v) is 10.9. The van der Waals surface area contributed by atoms with E-state index in [1.165, 1.54) is 11.3 Å². The zero-order chi connectivity index (χ0) is 21.9. The Balaban J connectivity index is 1.47. The molecule has 0 aliphatic heterocycles. The van der Waals surface area contributed by atoms with Gasteiger partial charge in [-0.25, -0.2) is 0 Å². The maximum absolute atomic E-state index is 13.8. The molecular weight excluding hydrogens is 402 g/mol. The van der Waals surface area contributed by atoms with Crippen molar-refractivity contribution in [2.45, 2.75) is 32.4 Å². The first-order valence-electron chi connectivity index (χ1n) is 10.9. The fourth-order valence-electron chi connectivity index (χ4n) is 4.31. The Morgan fingerprint density at radius 2 is 1.84 bits per heavy atom. The molecule has 0 bridgehead atoms. The van der Waals surface area contributed by atoms with Crippen LogP contribution in [0.5, 0.6) is 11.5 Å². The van der Waals surface area contributed by atoms with Crippen LogP contribution < -0.4 is 4.74 Å². The lowest BCUT2D eigenvalue weighted by atomic mass is 10.1. The van der Waals surface area contributed by atoms with Crippen LogP contribution in [-0.4, -0.2) is 20.6 Å². The average Bonchev–Trinajstić information content (AvgIpc) is 3.55. The number of fused-ring (bicyclic) bond motifs is 1. The molecule has 0 N–H and O–H groups in total. The summed E-state index contributed by atoms with van der Waals surface area (Å²) in [5, 5.41) is 4.73. The van der Waals surface area contributed by atoms with Crippen LogP contribution in [0.3, 0.4) is 0 Å². The van der Waals surface area contributed by atoms with Gasteiger partial charge in [-0.3, -0.25) is 9.48 Å². The minimum absolute atomic E-state index is 0.120. The molecule has 6 heteroatoms. The summed E-state index contributed by atoms with van der Waals surface area (Å²) in [7, 11) is 1.98. The Bertz CT molecular complexity index is 1210. The summed E-state index contributed by atoms with van der Waals surface area (Å²) in [5.74, 6) is 1.82. The molecule has 1 aliphatic carbocycles. The van der Waals surface area contributed by atoms with Crippen molar-refractivity contribution >= 4 is 5.91 Å². The molecule has 2 aromatic carbocycles. The van der Waals surface area contributed by atoms with Crippen molar-refractivity contribution in [3.05, 3.63) is 101 Å². The third kappa shape index (κ3) is 4.04. The van der Waals surface area contributed by atoms with Crippen LogP contribution in [0, 0.1) is 0 Å². The molecular formula is C26H25N3O3. The Labute approximate surface area is 187 Å². The number of carbonyl (C=O) groups excluding carboxylic acids is 1. The second kappa shape index (κ2) is 8.75. The molecule has 4 aromatic rings. The summed E-state index contributed by atoms with van der Waals surface area (Å²) in [4.78, 5) is 15.5. The number of carbonyl (C=O) groups is 1. The molecule has 0 radical (unpaired) electrons. The van der Waals surface area contributed by atoms with Crippen LogP contribution in [0.4, 0.5) is 0 Å². The summed E-state index contributed by atoms with van der Waals surface area (Å²) in [6.07, 6.45) is 4.81. The van der Waals surface area contributed by atoms with Crippen molar-refractivity contribution in [3.63, 3.8) is 0 Å². The molecule has 32 heavy (non-hydrogen) atoms. The Morgan fingerprint density at radius 3 is 2.66 bits per heavy atom. The van der Waals surface area contributed by atoms with Crippen molar-refractivity contribution in [2.75, 3.05) is 0 Å². The summed E-state index contributed by atoms with van der Waals surface area (Å²) in [6.45, 7) is 0.777. The Morgan fingerprint density at radius 1 is 1.03 bits per heavy atom. The van der Waals surface area contributed by atoms with Crippen molar-refractivity contribution < 1.29 is 13.9 Å². The summed E-state index contributed by atoms with van der Waals surface area (Å²) in [5.41, 5.74) is 4.02. The standard InChI is InChI=1S/C26H25N3O3/c1-28-24-14-7-13-21(24)23(27-28)18-29(17-20-11-8-16-31-20)26(30)22-12-5-6-15-25(22)32-19-9-3-2-4-10-19/h2-6,8-12,15-16H,7,13-14,17-18H2,1H3. The number of rotatable bonds is 7. The van der Waals surface area contributed by atoms with Crippen LogP contribution in [-0.2, 0) is 33.0 Å². The summed E-state index contributed by atoms with van der Waals surface area (Å²) in [6, 6.07) is 20.6. The molecule has 0 fully saturated rings. The molecule has 0 unspecified atom stereocenters. The SMILES string of the molecule is Cn1nc(CN(Cc2ccco2)C(=O)c2ccccc2Oc2ccccc2)c2c1CCC2. The van der Waals surface area contributed by atoms with E-state index in [1.807, 2.05) is 72.4 Å². The number of para-hydroxylation sites is 2. The quantitative estimate of drug-likeness (QED) is 0.410. The maximum Gasteiger partial charge on any atom is 0.258 e. The molecule has 2 heterocycles. The number of furan rings is 1. The third-order valence-electron chi connectivity index (χ3n) is 5.84. The highest BCUT2D eigenvalue weighted by atomic mass is 16.5. The topological polar surface area (TPSA) is 60.5 Å². The van der Waals surface area contributed by atoms with Crippen molar-refractivity contribution in [2.24, 2.45) is 7.05 Å². The molecule has 2 aromatic heterocycles. The van der Waals surface area contributed by atoms with E-state index in [-0.39, 0.29) is 5.91 Å². The number of benzene rings is 2. The van der Waals surface area contributed by atoms with E-state index in [0.717, 1.165) is 30.7 Å². The predicted octanol–water partition coefficient (Wildman–Crippen LogP) is 5.14. The van der Waals surface area contributed by atoms with Gasteiger partial charge >= 0.3 is 0 Å². The lowest BCUT2D eigenvalue weighted by Gasteiger charge is -2.22. The minimum atomic E-state index is -0.120. The first kappa shape index (κ1) is 20.1. The van der Waals surface area contributed by atoms with E-state index in [2.05, 4.69) is 0 Å². The Kier molecular flexibility index (Phi) is 5.50. The highest BCUT2D eigenvalue weighted by Gasteiger charge is 2.26. The normalized spacial score (nSPS) is 12.5. The van der Waals surface area contributed by atoms with Crippen LogP contribution >= 0.6 is 0 Å². The molecule has 0 saturated carbocycles. The van der Waals surface area contributed by atoms with Crippen LogP contribution in [0.2, 0.25) is 0 Å². The highest BCUT2D eigenvalue weighted by molar-refractivity contribution is 5.97. The van der Waals surface area contributed by atoms with E-state index in [9.17, 15) is 4.79 Å². The maximum atomic E-state index is 13.8. The van der Waals surface area contributed by atoms with Gasteiger partial charge in [-0.2, -0.15) is 5.10 Å². The van der Waals surface area contributed by atoms with Crippen LogP contribution in [0.15, 0.2) is 77.4 Å². The number of nitrogens with zero attached hydrogens (tertiary/aromatic N) is 3. The third-order valence-corrected chi connectivity index (χ3v) is 5.84. The lowest BCUT2D eigenvalue weighted by molar-refractivity contribution is 0.0712. The first-order chi connectivity index (χ1) is 15.7. The van der Waals surface area contributed by atoms with Gasteiger partial charge in [0.1, 0.15) is 17.3 Å². The van der Waals surface area contributed by atoms with Gasteiger partial charge in [-0.1, -0.05) is 30.3 Å². The smallest absolute Gasteiger partial charge is 0.258 e. The number of ether oxygens (including phenoxy) is 1. The van der Waals surface area contributed by atoms with E-state index in [0.29, 0.717) is 30.2 Å². The number of aromatic nitrogens is 2. The van der Waals surface area contributed by atoms with E-state index in [1.54, 1.807) is 17.2 Å². The van der Waals surface area contributed by atoms with Gasteiger partial charge in [0.25, 0.3) is 5.91 Å². The van der Waals surface area contributed by atoms with Crippen molar-refractivity contribution in [1.29, 1.82) is 0 Å². The zero-order valence-electron chi connectivity index (χ0n) is 18.0. The van der Waals surface area contributed by atoms with Gasteiger partial charge in [-0.15, -0.1) is 0 Å². The van der Waals surface area contributed by atoms with Gasteiger partial charge in [0.2, 0.25) is 0 Å². The number of aryl methyl sites for hydroxylation is 1. The molecule has 0 saturated heterocycles. The van der Waals surface area contributed by atoms with Gasteiger partial charge < -0.3 is 14.1 Å². The molecule has 5 rings (SSSR count). The van der Waals surface area contributed by atoms with Crippen molar-refractivity contribution in [3.8, 4) is 11.5 Å². The second-order valence-corrected chi connectivity index (χ2v) is 8.00. The lowest BCUT2D eigenvalue weighted by Crippen LogP contribution is -2.31. The highest BCUT2D eigenvalue weighted by Crippen LogP contribution is 2.29. The molecule has 6 nitrogen and oxygen atoms in total. The van der Waals surface area contributed by atoms with E-state index < -0.39 is 0 Å². The monoisotopic (exact) mass is 427 g/mol. The largest absolute Gasteiger partial charge is 0.467 e. The van der Waals surface area contributed by atoms with Crippen molar-refractivity contribution in [1.82, 2.24) is 14.7 Å². The number of amides is 1. The minimum Gasteiger partial charge on any atom is -0.467 e. The second-order valence-electron chi connectivity index (χ2n) is 8.00. The number of hydrogen-bond donors (Lipinski definition) is 0. The number of hydrogen-bond acceptors (Lipinski definition) is 4. The zero-order valence-corrected chi connectivity index (χ0v) is 18.0. The summed E-state index contributed by atoms with van der Waals surface area (Å²) >= 11 is 0. The fourth-order valence-corrected chi connectivity index (χ4v) is 4.31. The van der Waals surface area contributed by atoms with Gasteiger partial charge in [0.05, 0.1) is 30.6 Å². The van der Waals surface area contributed by atoms with Gasteiger partial charge in [0, 0.05) is 12.7 Å². The Hall–Kier alpha value is -3.80. The predicted molar refractivity (Wildman–Crippen MR) is 120 cm³/mol. The molecule has 1 aliphatic rings. The summed E-state index contributed by atoms with van der Waals surface area (Å²) < 4.78 is 13.6. The molecule has 0 spiro atoms. The van der Waals surface area contributed by atoms with Crippen LogP contribution in [0.25, 0.3) is 0 Å². The van der Waals surface area contributed by atoms with Gasteiger partial charge in [-0.05, 0) is 61.2 Å².